The van der Waals surface area contributed by atoms with E-state index >= 15 is 0 Å². The van der Waals surface area contributed by atoms with E-state index in [2.05, 4.69) is 65.0 Å². The summed E-state index contributed by atoms with van der Waals surface area (Å²) in [6, 6.07) is 19.0. The topological polar surface area (TPSA) is 52.5 Å². The Labute approximate surface area is 191 Å². The first-order valence-electron chi connectivity index (χ1n) is 11.6. The minimum absolute atomic E-state index is 0.343. The van der Waals surface area contributed by atoms with Crippen LogP contribution in [0.2, 0.25) is 0 Å². The lowest BCUT2D eigenvalue weighted by Gasteiger charge is -2.37. The first-order chi connectivity index (χ1) is 15.5. The molecule has 5 nitrogen and oxygen atoms in total. The van der Waals surface area contributed by atoms with Gasteiger partial charge in [-0.25, -0.2) is 9.97 Å². The van der Waals surface area contributed by atoms with Crippen molar-refractivity contribution in [2.75, 3.05) is 37.6 Å². The van der Waals surface area contributed by atoms with Crippen LogP contribution in [0, 0.1) is 20.8 Å². The number of β-amino-alcohol motifs (C(OH)–C–C–N with tert-alkyl or cyclic N) is 1. The molecular formula is C27H34N4O. The smallest absolute Gasteiger partial charge is 0.136 e. The maximum absolute atomic E-state index is 10.6. The van der Waals surface area contributed by atoms with Crippen molar-refractivity contribution in [3.05, 3.63) is 88.4 Å². The van der Waals surface area contributed by atoms with Crippen LogP contribution in [0.1, 0.15) is 33.8 Å². The molecule has 2 aromatic carbocycles. The van der Waals surface area contributed by atoms with Crippen molar-refractivity contribution in [1.82, 2.24) is 14.9 Å². The zero-order chi connectivity index (χ0) is 22.5. The van der Waals surface area contributed by atoms with Crippen molar-refractivity contribution in [2.45, 2.75) is 39.7 Å². The summed E-state index contributed by atoms with van der Waals surface area (Å²) < 4.78 is 0. The van der Waals surface area contributed by atoms with Crippen molar-refractivity contribution in [1.29, 1.82) is 0 Å². The van der Waals surface area contributed by atoms with Gasteiger partial charge >= 0.3 is 0 Å². The molecule has 1 aliphatic heterocycles. The molecule has 0 spiro atoms. The van der Waals surface area contributed by atoms with Crippen LogP contribution in [-0.4, -0.2) is 58.8 Å². The molecule has 0 aliphatic carbocycles. The number of aliphatic hydroxyl groups is 1. The number of rotatable bonds is 7. The Morgan fingerprint density at radius 3 is 2.22 bits per heavy atom. The minimum atomic E-state index is -0.343. The molecule has 0 saturated carbocycles. The fourth-order valence-electron chi connectivity index (χ4n) is 4.49. The Morgan fingerprint density at radius 1 is 0.844 bits per heavy atom. The zero-order valence-corrected chi connectivity index (χ0v) is 19.5. The van der Waals surface area contributed by atoms with E-state index in [9.17, 15) is 5.11 Å². The molecule has 2 heterocycles. The molecule has 1 aromatic heterocycles. The third-order valence-corrected chi connectivity index (χ3v) is 6.26. The second-order valence-electron chi connectivity index (χ2n) is 8.95. The maximum atomic E-state index is 10.6. The third-order valence-electron chi connectivity index (χ3n) is 6.26. The minimum Gasteiger partial charge on any atom is -0.391 e. The fourth-order valence-corrected chi connectivity index (χ4v) is 4.49. The van der Waals surface area contributed by atoms with E-state index in [0.29, 0.717) is 13.0 Å². The molecule has 1 N–H and O–H groups in total. The quantitative estimate of drug-likeness (QED) is 0.619. The Morgan fingerprint density at radius 2 is 1.53 bits per heavy atom. The largest absolute Gasteiger partial charge is 0.391 e. The molecule has 1 aliphatic rings. The van der Waals surface area contributed by atoms with Crippen molar-refractivity contribution in [3.63, 3.8) is 0 Å². The molecule has 0 amide bonds. The van der Waals surface area contributed by atoms with Crippen LogP contribution in [-0.2, 0) is 12.8 Å². The summed E-state index contributed by atoms with van der Waals surface area (Å²) in [7, 11) is 0. The van der Waals surface area contributed by atoms with Gasteiger partial charge in [-0.05, 0) is 38.3 Å². The molecule has 1 fully saturated rings. The number of piperazine rings is 1. The summed E-state index contributed by atoms with van der Waals surface area (Å²) in [6.45, 7) is 10.6. The van der Waals surface area contributed by atoms with Gasteiger partial charge in [0.2, 0.25) is 0 Å². The van der Waals surface area contributed by atoms with Gasteiger partial charge in [-0.15, -0.1) is 0 Å². The fraction of sp³-hybridized carbons (Fsp3) is 0.407. The van der Waals surface area contributed by atoms with Crippen molar-refractivity contribution in [3.8, 4) is 0 Å². The number of aromatic nitrogens is 2. The van der Waals surface area contributed by atoms with E-state index in [-0.39, 0.29) is 6.10 Å². The predicted octanol–water partition coefficient (Wildman–Crippen LogP) is 3.72. The molecule has 1 atom stereocenters. The average molecular weight is 431 g/mol. The highest BCUT2D eigenvalue weighted by Gasteiger charge is 2.23. The number of aryl methyl sites for hydroxylation is 3. The normalized spacial score (nSPS) is 15.7. The van der Waals surface area contributed by atoms with E-state index in [1.165, 1.54) is 22.3 Å². The van der Waals surface area contributed by atoms with Crippen LogP contribution >= 0.6 is 0 Å². The monoisotopic (exact) mass is 430 g/mol. The number of aliphatic hydroxyl groups excluding tert-OH is 1. The van der Waals surface area contributed by atoms with Crippen molar-refractivity contribution >= 4 is 5.82 Å². The lowest BCUT2D eigenvalue weighted by atomic mass is 10.0. The molecule has 4 rings (SSSR count). The van der Waals surface area contributed by atoms with Gasteiger partial charge in [0.25, 0.3) is 0 Å². The van der Waals surface area contributed by atoms with E-state index < -0.39 is 0 Å². The standard InChI is InChI=1S/C27H34N4O/c1-20-9-11-24(12-10-20)18-26-21(2)28-22(3)29-27(26)31-15-13-30(14-16-31)19-25(32)17-23-7-5-4-6-8-23/h4-12,25,32H,13-19H2,1-3H3/t25-/m0/s1. The van der Waals surface area contributed by atoms with Gasteiger partial charge in [-0.1, -0.05) is 60.2 Å². The average Bonchev–Trinajstić information content (AvgIpc) is 2.78. The second-order valence-corrected chi connectivity index (χ2v) is 8.95. The van der Waals surface area contributed by atoms with Gasteiger partial charge in [0, 0.05) is 50.4 Å². The number of benzene rings is 2. The third kappa shape index (κ3) is 5.72. The highest BCUT2D eigenvalue weighted by Crippen LogP contribution is 2.25. The van der Waals surface area contributed by atoms with Crippen molar-refractivity contribution < 1.29 is 5.11 Å². The summed E-state index contributed by atoms with van der Waals surface area (Å²) in [5.74, 6) is 1.89. The summed E-state index contributed by atoms with van der Waals surface area (Å²) in [4.78, 5) is 14.3. The number of hydrogen-bond donors (Lipinski definition) is 1. The predicted molar refractivity (Wildman–Crippen MR) is 130 cm³/mol. The Kier molecular flexibility index (Phi) is 7.18. The van der Waals surface area contributed by atoms with E-state index in [0.717, 1.165) is 49.9 Å². The molecular weight excluding hydrogens is 396 g/mol. The Balaban J connectivity index is 1.41. The SMILES string of the molecule is Cc1ccc(Cc2c(C)nc(C)nc2N2CCN(C[C@@H](O)Cc3ccccc3)CC2)cc1. The molecule has 32 heavy (non-hydrogen) atoms. The molecule has 168 valence electrons. The first kappa shape index (κ1) is 22.4. The molecule has 5 heteroatoms. The number of anilines is 1. The summed E-state index contributed by atoms with van der Waals surface area (Å²) in [6.07, 6.45) is 1.20. The highest BCUT2D eigenvalue weighted by molar-refractivity contribution is 5.51. The van der Waals surface area contributed by atoms with E-state index in [1.54, 1.807) is 0 Å². The van der Waals surface area contributed by atoms with Gasteiger partial charge in [0.1, 0.15) is 11.6 Å². The van der Waals surface area contributed by atoms with Crippen LogP contribution in [0.25, 0.3) is 0 Å². The van der Waals surface area contributed by atoms with Crippen LogP contribution in [0.4, 0.5) is 5.82 Å². The lowest BCUT2D eigenvalue weighted by Crippen LogP contribution is -2.49. The molecule has 0 bridgehead atoms. The highest BCUT2D eigenvalue weighted by atomic mass is 16.3. The first-order valence-corrected chi connectivity index (χ1v) is 11.6. The summed E-state index contributed by atoms with van der Waals surface area (Å²) in [5, 5.41) is 10.6. The molecule has 1 saturated heterocycles. The Hall–Kier alpha value is -2.76. The molecule has 3 aromatic rings. The van der Waals surface area contributed by atoms with E-state index in [1.807, 2.05) is 25.1 Å². The maximum Gasteiger partial charge on any atom is 0.136 e. The number of nitrogens with zero attached hydrogens (tertiary/aromatic N) is 4. The van der Waals surface area contributed by atoms with Crippen LogP contribution < -0.4 is 4.90 Å². The van der Waals surface area contributed by atoms with Gasteiger partial charge in [0.05, 0.1) is 6.10 Å². The van der Waals surface area contributed by atoms with Gasteiger partial charge in [0.15, 0.2) is 0 Å². The van der Waals surface area contributed by atoms with Crippen LogP contribution in [0.3, 0.4) is 0 Å². The van der Waals surface area contributed by atoms with Crippen molar-refractivity contribution in [2.24, 2.45) is 0 Å². The second kappa shape index (κ2) is 10.2. The Bertz CT molecular complexity index is 1010. The molecule has 0 radical (unpaired) electrons. The summed E-state index contributed by atoms with van der Waals surface area (Å²) in [5.41, 5.74) is 6.03. The number of hydrogen-bond acceptors (Lipinski definition) is 5. The van der Waals surface area contributed by atoms with Gasteiger partial charge in [-0.3, -0.25) is 4.90 Å². The van der Waals surface area contributed by atoms with Gasteiger partial charge in [-0.2, -0.15) is 0 Å². The summed E-state index contributed by atoms with van der Waals surface area (Å²) >= 11 is 0. The van der Waals surface area contributed by atoms with Crippen LogP contribution in [0.15, 0.2) is 54.6 Å². The van der Waals surface area contributed by atoms with Crippen LogP contribution in [0.5, 0.6) is 0 Å². The molecule has 0 unspecified atom stereocenters. The van der Waals surface area contributed by atoms with E-state index in [4.69, 9.17) is 4.98 Å². The van der Waals surface area contributed by atoms with Gasteiger partial charge < -0.3 is 10.0 Å². The zero-order valence-electron chi connectivity index (χ0n) is 19.5. The lowest BCUT2D eigenvalue weighted by molar-refractivity contribution is 0.109.